The highest BCUT2D eigenvalue weighted by molar-refractivity contribution is 5.88. The number of benzene rings is 1. The summed E-state index contributed by atoms with van der Waals surface area (Å²) in [7, 11) is 0. The molecule has 0 unspecified atom stereocenters. The molecule has 2 aliphatic carbocycles. The van der Waals surface area contributed by atoms with Gasteiger partial charge < -0.3 is 29.2 Å². The fourth-order valence-corrected chi connectivity index (χ4v) is 7.65. The first kappa shape index (κ1) is 43.9. The molecule has 0 radical (unpaired) electrons. The van der Waals surface area contributed by atoms with Gasteiger partial charge in [0.15, 0.2) is 0 Å². The summed E-state index contributed by atoms with van der Waals surface area (Å²) >= 11 is 0. The second kappa shape index (κ2) is 22.0. The molecule has 2 saturated carbocycles. The SMILES string of the molecule is C=C(COCC(C)(C)O)C(=O)OCC(CCc1ccc(C2CCC(C3CCC(CCCCC)CC3)CC2)cc1)COC(=O)C(=C)COCC(C)(C)O. The van der Waals surface area contributed by atoms with E-state index >= 15 is 0 Å². The Labute approximate surface area is 314 Å². The standard InChI is InChI=1S/C44H70O8/c1-8-9-10-11-34-14-18-37(19-15-34)39-22-24-40(25-23-39)38-20-16-35(17-21-38)12-13-36(28-51-41(45)32(2)26-49-30-43(4,5)47)29-52-42(46)33(3)27-50-31-44(6,7)48/h16-17,20-21,34,36-37,39-40,47-48H,2-3,8-15,18-19,22-31H2,1,4-7H3. The van der Waals surface area contributed by atoms with Gasteiger partial charge in [0.2, 0.25) is 0 Å². The monoisotopic (exact) mass is 727 g/mol. The van der Waals surface area contributed by atoms with E-state index in [-0.39, 0.29) is 56.7 Å². The Morgan fingerprint density at radius 2 is 1.23 bits per heavy atom. The topological polar surface area (TPSA) is 112 Å². The summed E-state index contributed by atoms with van der Waals surface area (Å²) in [6.07, 6.45) is 18.0. The third-order valence-corrected chi connectivity index (χ3v) is 10.8. The van der Waals surface area contributed by atoms with Crippen LogP contribution >= 0.6 is 0 Å². The zero-order chi connectivity index (χ0) is 38.1. The van der Waals surface area contributed by atoms with Gasteiger partial charge in [-0.3, -0.25) is 0 Å². The number of hydrogen-bond acceptors (Lipinski definition) is 8. The van der Waals surface area contributed by atoms with Crippen molar-refractivity contribution >= 4 is 11.9 Å². The minimum Gasteiger partial charge on any atom is -0.462 e. The van der Waals surface area contributed by atoms with E-state index in [0.717, 1.165) is 24.2 Å². The van der Waals surface area contributed by atoms with Crippen molar-refractivity contribution in [3.05, 3.63) is 59.7 Å². The van der Waals surface area contributed by atoms with Crippen LogP contribution in [0.15, 0.2) is 48.6 Å². The smallest absolute Gasteiger partial charge is 0.335 e. The number of aryl methyl sites for hydroxylation is 1. The highest BCUT2D eigenvalue weighted by Gasteiger charge is 2.31. The third kappa shape index (κ3) is 17.1. The van der Waals surface area contributed by atoms with E-state index in [1.165, 1.54) is 88.2 Å². The number of rotatable bonds is 23. The van der Waals surface area contributed by atoms with Crippen molar-refractivity contribution in [2.75, 3.05) is 39.6 Å². The zero-order valence-electron chi connectivity index (χ0n) is 33.1. The summed E-state index contributed by atoms with van der Waals surface area (Å²) < 4.78 is 21.9. The molecule has 1 aromatic carbocycles. The minimum atomic E-state index is -1.02. The van der Waals surface area contributed by atoms with E-state index in [2.05, 4.69) is 44.3 Å². The molecule has 1 aromatic rings. The summed E-state index contributed by atoms with van der Waals surface area (Å²) in [4.78, 5) is 25.3. The third-order valence-electron chi connectivity index (χ3n) is 10.8. The van der Waals surface area contributed by atoms with Gasteiger partial charge in [-0.05, 0) is 114 Å². The van der Waals surface area contributed by atoms with E-state index < -0.39 is 23.1 Å². The van der Waals surface area contributed by atoms with Gasteiger partial charge in [0.1, 0.15) is 0 Å². The lowest BCUT2D eigenvalue weighted by Crippen LogP contribution is -2.28. The maximum atomic E-state index is 12.7. The Hall–Kier alpha value is -2.52. The first-order valence-electron chi connectivity index (χ1n) is 20.0. The van der Waals surface area contributed by atoms with Crippen LogP contribution in [0.25, 0.3) is 0 Å². The molecule has 2 aliphatic rings. The second-order valence-electron chi connectivity index (χ2n) is 17.0. The van der Waals surface area contributed by atoms with Crippen LogP contribution in [-0.4, -0.2) is 73.0 Å². The molecule has 0 amide bonds. The predicted octanol–water partition coefficient (Wildman–Crippen LogP) is 8.67. The minimum absolute atomic E-state index is 0.0418. The Balaban J connectivity index is 1.48. The summed E-state index contributed by atoms with van der Waals surface area (Å²) in [5, 5.41) is 19.7. The molecular formula is C44H70O8. The Morgan fingerprint density at radius 3 is 1.69 bits per heavy atom. The van der Waals surface area contributed by atoms with Crippen LogP contribution in [0.3, 0.4) is 0 Å². The molecule has 8 heteroatoms. The van der Waals surface area contributed by atoms with Crippen molar-refractivity contribution in [2.45, 2.75) is 142 Å². The fourth-order valence-electron chi connectivity index (χ4n) is 7.65. The van der Waals surface area contributed by atoms with Gasteiger partial charge in [-0.1, -0.05) is 82.9 Å². The van der Waals surface area contributed by atoms with Crippen molar-refractivity contribution in [3.8, 4) is 0 Å². The first-order chi connectivity index (χ1) is 24.6. The molecule has 0 saturated heterocycles. The summed E-state index contributed by atoms with van der Waals surface area (Å²) in [5.41, 5.74) is 0.861. The molecule has 0 heterocycles. The van der Waals surface area contributed by atoms with Gasteiger partial charge in [0.25, 0.3) is 0 Å². The summed E-state index contributed by atoms with van der Waals surface area (Å²) in [5.74, 6) is 2.00. The highest BCUT2D eigenvalue weighted by Crippen LogP contribution is 2.44. The molecule has 0 atom stereocenters. The number of esters is 2. The van der Waals surface area contributed by atoms with Crippen molar-refractivity contribution in [1.82, 2.24) is 0 Å². The summed E-state index contributed by atoms with van der Waals surface area (Å²) in [6.45, 7) is 16.4. The zero-order valence-corrected chi connectivity index (χ0v) is 33.1. The van der Waals surface area contributed by atoms with Crippen molar-refractivity contribution in [3.63, 3.8) is 0 Å². The number of carbonyl (C=O) groups is 2. The summed E-state index contributed by atoms with van der Waals surface area (Å²) in [6, 6.07) is 8.98. The van der Waals surface area contributed by atoms with E-state index in [9.17, 15) is 19.8 Å². The van der Waals surface area contributed by atoms with Crippen LogP contribution in [0.5, 0.6) is 0 Å². The number of unbranched alkanes of at least 4 members (excludes halogenated alkanes) is 2. The van der Waals surface area contributed by atoms with Crippen LogP contribution in [0.1, 0.15) is 135 Å². The van der Waals surface area contributed by atoms with Crippen LogP contribution in [0.2, 0.25) is 0 Å². The lowest BCUT2D eigenvalue weighted by Gasteiger charge is -2.38. The van der Waals surface area contributed by atoms with Gasteiger partial charge in [-0.2, -0.15) is 0 Å². The number of carbonyl (C=O) groups excluding carboxylic acids is 2. The Bertz CT molecular complexity index is 1180. The molecule has 0 aromatic heterocycles. The maximum absolute atomic E-state index is 12.7. The van der Waals surface area contributed by atoms with Crippen molar-refractivity contribution in [1.29, 1.82) is 0 Å². The van der Waals surface area contributed by atoms with Crippen molar-refractivity contribution in [2.24, 2.45) is 23.7 Å². The lowest BCUT2D eigenvalue weighted by atomic mass is 9.68. The van der Waals surface area contributed by atoms with E-state index in [1.807, 2.05) is 0 Å². The van der Waals surface area contributed by atoms with E-state index in [1.54, 1.807) is 27.7 Å². The second-order valence-corrected chi connectivity index (χ2v) is 17.0. The molecule has 2 fully saturated rings. The molecule has 52 heavy (non-hydrogen) atoms. The largest absolute Gasteiger partial charge is 0.462 e. The lowest BCUT2D eigenvalue weighted by molar-refractivity contribution is -0.145. The molecule has 8 nitrogen and oxygen atoms in total. The van der Waals surface area contributed by atoms with Gasteiger partial charge in [-0.15, -0.1) is 0 Å². The molecule has 0 spiro atoms. The number of aliphatic hydroxyl groups is 2. The fraction of sp³-hybridized carbons (Fsp3) is 0.727. The molecule has 0 bridgehead atoms. The molecule has 3 rings (SSSR count). The average molecular weight is 727 g/mol. The van der Waals surface area contributed by atoms with Gasteiger partial charge in [-0.25, -0.2) is 9.59 Å². The maximum Gasteiger partial charge on any atom is 0.335 e. The van der Waals surface area contributed by atoms with Crippen LogP contribution in [-0.2, 0) is 35.0 Å². The molecule has 294 valence electrons. The number of hydrogen-bond donors (Lipinski definition) is 2. The van der Waals surface area contributed by atoms with Crippen LogP contribution < -0.4 is 0 Å². The predicted molar refractivity (Wildman–Crippen MR) is 207 cm³/mol. The Kier molecular flexibility index (Phi) is 18.6. The average Bonchev–Trinajstić information content (AvgIpc) is 3.10. The highest BCUT2D eigenvalue weighted by atomic mass is 16.6. The molecule has 0 aliphatic heterocycles. The van der Waals surface area contributed by atoms with E-state index in [0.29, 0.717) is 12.3 Å². The molecule has 2 N–H and O–H groups in total. The van der Waals surface area contributed by atoms with Crippen LogP contribution in [0, 0.1) is 23.7 Å². The van der Waals surface area contributed by atoms with Gasteiger partial charge >= 0.3 is 11.9 Å². The van der Waals surface area contributed by atoms with Gasteiger partial charge in [0.05, 0.1) is 62.0 Å². The van der Waals surface area contributed by atoms with Crippen molar-refractivity contribution < 1.29 is 38.7 Å². The normalized spacial score (nSPS) is 21.2. The van der Waals surface area contributed by atoms with Crippen LogP contribution in [0.4, 0.5) is 0 Å². The van der Waals surface area contributed by atoms with Gasteiger partial charge in [0, 0.05) is 5.92 Å². The number of ether oxygens (including phenoxy) is 4. The quantitative estimate of drug-likeness (QED) is 0.0655. The molecular weight excluding hydrogens is 656 g/mol. The first-order valence-corrected chi connectivity index (χ1v) is 20.0. The Morgan fingerprint density at radius 1 is 0.750 bits per heavy atom. The van der Waals surface area contributed by atoms with E-state index in [4.69, 9.17) is 18.9 Å².